The summed E-state index contributed by atoms with van der Waals surface area (Å²) in [5.41, 5.74) is 0.0727. The molecule has 0 spiro atoms. The van der Waals surface area contributed by atoms with Crippen molar-refractivity contribution in [2.75, 3.05) is 13.1 Å². The molecule has 1 aliphatic rings. The molecule has 1 aliphatic heterocycles. The molecule has 1 saturated heterocycles. The molecule has 1 unspecified atom stereocenters. The molecule has 1 atom stereocenters. The number of carbonyl (C=O) groups is 1. The molecule has 0 aliphatic carbocycles. The second kappa shape index (κ2) is 7.43. The maximum Gasteiger partial charge on any atom is 0.433 e. The Morgan fingerprint density at radius 2 is 1.81 bits per heavy atom. The Labute approximate surface area is 148 Å². The van der Waals surface area contributed by atoms with Crippen molar-refractivity contribution in [1.82, 2.24) is 9.88 Å². The highest BCUT2D eigenvalue weighted by molar-refractivity contribution is 5.94. The fourth-order valence-corrected chi connectivity index (χ4v) is 3.20. The molecule has 0 N–H and O–H groups in total. The lowest BCUT2D eigenvalue weighted by atomic mass is 9.94. The van der Waals surface area contributed by atoms with Crippen LogP contribution in [-0.2, 0) is 6.18 Å². The topological polar surface area (TPSA) is 33.2 Å². The third kappa shape index (κ3) is 4.20. The first-order valence-electron chi connectivity index (χ1n) is 8.42. The average Bonchev–Trinajstić information content (AvgIpc) is 2.87. The number of pyridine rings is 1. The van der Waals surface area contributed by atoms with Gasteiger partial charge in [-0.1, -0.05) is 18.6 Å². The van der Waals surface area contributed by atoms with E-state index < -0.39 is 11.9 Å². The smallest absolute Gasteiger partial charge is 0.338 e. The number of aromatic nitrogens is 1. The van der Waals surface area contributed by atoms with Crippen LogP contribution in [0.2, 0.25) is 0 Å². The van der Waals surface area contributed by atoms with E-state index in [1.807, 2.05) is 0 Å². The molecule has 0 radical (unpaired) electrons. The molecule has 0 saturated carbocycles. The molecule has 2 heterocycles. The van der Waals surface area contributed by atoms with Gasteiger partial charge in [-0.2, -0.15) is 13.2 Å². The van der Waals surface area contributed by atoms with Gasteiger partial charge in [0, 0.05) is 25.2 Å². The largest absolute Gasteiger partial charge is 0.433 e. The number of likely N-dealkylation sites (tertiary alicyclic amines) is 1. The number of alkyl halides is 3. The molecule has 1 fully saturated rings. The van der Waals surface area contributed by atoms with E-state index in [4.69, 9.17) is 0 Å². The normalized spacial score (nSPS) is 18.5. The van der Waals surface area contributed by atoms with Crippen molar-refractivity contribution in [1.29, 1.82) is 0 Å². The number of hydrogen-bond donors (Lipinski definition) is 0. The molecular weight excluding hydrogens is 348 g/mol. The Bertz CT molecular complexity index is 757. The van der Waals surface area contributed by atoms with Gasteiger partial charge in [-0.05, 0) is 42.7 Å². The first-order chi connectivity index (χ1) is 12.3. The van der Waals surface area contributed by atoms with Crippen LogP contribution in [0.5, 0.6) is 0 Å². The van der Waals surface area contributed by atoms with Crippen LogP contribution in [-0.4, -0.2) is 28.9 Å². The summed E-state index contributed by atoms with van der Waals surface area (Å²) in [6, 6.07) is 8.21. The van der Waals surface area contributed by atoms with E-state index in [9.17, 15) is 22.4 Å². The Morgan fingerprint density at radius 3 is 2.42 bits per heavy atom. The van der Waals surface area contributed by atoms with Gasteiger partial charge in [-0.15, -0.1) is 0 Å². The summed E-state index contributed by atoms with van der Waals surface area (Å²) in [4.78, 5) is 17.7. The Morgan fingerprint density at radius 1 is 1.08 bits per heavy atom. The highest BCUT2D eigenvalue weighted by atomic mass is 19.4. The van der Waals surface area contributed by atoms with Gasteiger partial charge >= 0.3 is 6.18 Å². The summed E-state index contributed by atoms with van der Waals surface area (Å²) >= 11 is 0. The minimum absolute atomic E-state index is 0.0736. The monoisotopic (exact) mass is 366 g/mol. The molecule has 26 heavy (non-hydrogen) atoms. The van der Waals surface area contributed by atoms with Gasteiger partial charge in [0.2, 0.25) is 0 Å². The van der Waals surface area contributed by atoms with Crippen LogP contribution in [0.3, 0.4) is 0 Å². The molecule has 3 rings (SSSR count). The second-order valence-electron chi connectivity index (χ2n) is 6.43. The Balaban J connectivity index is 1.76. The van der Waals surface area contributed by atoms with Crippen LogP contribution in [0.1, 0.15) is 46.8 Å². The highest BCUT2D eigenvalue weighted by Crippen LogP contribution is 2.29. The fourth-order valence-electron chi connectivity index (χ4n) is 3.20. The van der Waals surface area contributed by atoms with Crippen LogP contribution in [0.4, 0.5) is 17.6 Å². The number of hydrogen-bond acceptors (Lipinski definition) is 2. The molecule has 2 aromatic rings. The number of benzene rings is 1. The number of halogens is 4. The number of nitrogens with zero attached hydrogens (tertiary/aromatic N) is 2. The molecule has 1 aromatic heterocycles. The SMILES string of the molecule is O=C(c1ccc(C(F)(F)F)nc1)N1CCCCC(c2ccc(F)cc2)C1. The van der Waals surface area contributed by atoms with Crippen molar-refractivity contribution in [3.8, 4) is 0 Å². The zero-order valence-electron chi connectivity index (χ0n) is 14.0. The first-order valence-corrected chi connectivity index (χ1v) is 8.42. The molecule has 0 bridgehead atoms. The van der Waals surface area contributed by atoms with E-state index in [1.165, 1.54) is 12.1 Å². The van der Waals surface area contributed by atoms with Crippen LogP contribution in [0.15, 0.2) is 42.6 Å². The molecule has 138 valence electrons. The molecular formula is C19H18F4N2O. The summed E-state index contributed by atoms with van der Waals surface area (Å²) < 4.78 is 51.0. The number of carbonyl (C=O) groups excluding carboxylic acids is 1. The lowest BCUT2D eigenvalue weighted by Gasteiger charge is -2.25. The molecule has 3 nitrogen and oxygen atoms in total. The zero-order valence-corrected chi connectivity index (χ0v) is 14.0. The first kappa shape index (κ1) is 18.4. The van der Waals surface area contributed by atoms with Gasteiger partial charge in [0.1, 0.15) is 11.5 Å². The minimum Gasteiger partial charge on any atom is -0.338 e. The van der Waals surface area contributed by atoms with Gasteiger partial charge in [0.25, 0.3) is 5.91 Å². The fraction of sp³-hybridized carbons (Fsp3) is 0.368. The number of rotatable bonds is 2. The van der Waals surface area contributed by atoms with Gasteiger partial charge in [-0.3, -0.25) is 9.78 Å². The van der Waals surface area contributed by atoms with Crippen molar-refractivity contribution in [3.05, 3.63) is 65.2 Å². The summed E-state index contributed by atoms with van der Waals surface area (Å²) in [6.07, 6.45) is -0.934. The standard InChI is InChI=1S/C19H18F4N2O/c20-16-7-4-13(5-8-16)15-3-1-2-10-25(12-15)18(26)14-6-9-17(24-11-14)19(21,22)23/h4-9,11,15H,1-3,10,12H2. The second-order valence-corrected chi connectivity index (χ2v) is 6.43. The Hall–Kier alpha value is -2.44. The van der Waals surface area contributed by atoms with Crippen LogP contribution < -0.4 is 0 Å². The summed E-state index contributed by atoms with van der Waals surface area (Å²) in [5, 5.41) is 0. The molecule has 1 amide bonds. The van der Waals surface area contributed by atoms with E-state index in [0.717, 1.165) is 43.2 Å². The van der Waals surface area contributed by atoms with E-state index in [-0.39, 0.29) is 23.2 Å². The lowest BCUT2D eigenvalue weighted by Crippen LogP contribution is -2.34. The highest BCUT2D eigenvalue weighted by Gasteiger charge is 2.32. The summed E-state index contributed by atoms with van der Waals surface area (Å²) in [7, 11) is 0. The minimum atomic E-state index is -4.53. The maximum atomic E-state index is 13.1. The van der Waals surface area contributed by atoms with Crippen LogP contribution in [0, 0.1) is 5.82 Å². The van der Waals surface area contributed by atoms with Crippen LogP contribution >= 0.6 is 0 Å². The predicted octanol–water partition coefficient (Wildman–Crippen LogP) is 4.65. The molecule has 7 heteroatoms. The maximum absolute atomic E-state index is 13.1. The lowest BCUT2D eigenvalue weighted by molar-refractivity contribution is -0.141. The van der Waals surface area contributed by atoms with Crippen molar-refractivity contribution < 1.29 is 22.4 Å². The van der Waals surface area contributed by atoms with E-state index in [0.29, 0.717) is 13.1 Å². The van der Waals surface area contributed by atoms with Crippen molar-refractivity contribution in [2.45, 2.75) is 31.4 Å². The quantitative estimate of drug-likeness (QED) is 0.725. The summed E-state index contributed by atoms with van der Waals surface area (Å²) in [6.45, 7) is 0.989. The van der Waals surface area contributed by atoms with E-state index >= 15 is 0 Å². The number of amides is 1. The van der Waals surface area contributed by atoms with Gasteiger partial charge in [0.15, 0.2) is 0 Å². The zero-order chi connectivity index (χ0) is 18.7. The average molecular weight is 366 g/mol. The van der Waals surface area contributed by atoms with Crippen LogP contribution in [0.25, 0.3) is 0 Å². The van der Waals surface area contributed by atoms with E-state index in [2.05, 4.69) is 4.98 Å². The Kier molecular flexibility index (Phi) is 5.25. The van der Waals surface area contributed by atoms with Crippen molar-refractivity contribution in [3.63, 3.8) is 0 Å². The molecule has 1 aromatic carbocycles. The van der Waals surface area contributed by atoms with E-state index in [1.54, 1.807) is 17.0 Å². The van der Waals surface area contributed by atoms with Gasteiger partial charge < -0.3 is 4.90 Å². The van der Waals surface area contributed by atoms with Gasteiger partial charge in [0.05, 0.1) is 5.56 Å². The van der Waals surface area contributed by atoms with Gasteiger partial charge in [-0.25, -0.2) is 4.39 Å². The van der Waals surface area contributed by atoms with Crippen molar-refractivity contribution in [2.24, 2.45) is 0 Å². The third-order valence-electron chi connectivity index (χ3n) is 4.60. The summed E-state index contributed by atoms with van der Waals surface area (Å²) in [5.74, 6) is -0.573. The van der Waals surface area contributed by atoms with Crippen molar-refractivity contribution >= 4 is 5.91 Å². The predicted molar refractivity (Wildman–Crippen MR) is 88.1 cm³/mol. The third-order valence-corrected chi connectivity index (χ3v) is 4.60.